The van der Waals surface area contributed by atoms with Gasteiger partial charge in [0.05, 0.1) is 0 Å². The monoisotopic (exact) mass is 242 g/mol. The van der Waals surface area contributed by atoms with Crippen LogP contribution in [0.3, 0.4) is 0 Å². The molecule has 0 heteroatoms. The molecule has 0 N–H and O–H groups in total. The third-order valence-corrected chi connectivity index (χ3v) is 5.55. The minimum atomic E-state index is 0.854. The zero-order valence-electron chi connectivity index (χ0n) is 11.9. The summed E-state index contributed by atoms with van der Waals surface area (Å²) >= 11 is 0. The van der Waals surface area contributed by atoms with Crippen LogP contribution in [-0.4, -0.2) is 0 Å². The van der Waals surface area contributed by atoms with Gasteiger partial charge < -0.3 is 0 Å². The van der Waals surface area contributed by atoms with Crippen molar-refractivity contribution in [1.82, 2.24) is 0 Å². The Labute approximate surface area is 112 Å². The predicted molar refractivity (Wildman–Crippen MR) is 77.8 cm³/mol. The Balaban J connectivity index is 1.84. The first kappa shape index (κ1) is 12.3. The van der Waals surface area contributed by atoms with Crippen molar-refractivity contribution in [3.05, 3.63) is 35.4 Å². The molecule has 2 aliphatic carbocycles. The highest BCUT2D eigenvalue weighted by molar-refractivity contribution is 5.26. The molecule has 4 unspecified atom stereocenters. The number of benzene rings is 1. The molecule has 3 rings (SSSR count). The Morgan fingerprint density at radius 2 is 1.50 bits per heavy atom. The minimum Gasteiger partial charge on any atom is -0.0622 e. The Bertz CT molecular complexity index is 389. The summed E-state index contributed by atoms with van der Waals surface area (Å²) in [6.45, 7) is 4.69. The van der Waals surface area contributed by atoms with Crippen LogP contribution in [0.4, 0.5) is 0 Å². The maximum Gasteiger partial charge on any atom is -0.0131 e. The average molecular weight is 242 g/mol. The first-order valence-corrected chi connectivity index (χ1v) is 7.82. The molecular formula is C18H26. The zero-order valence-corrected chi connectivity index (χ0v) is 11.9. The highest BCUT2D eigenvalue weighted by Gasteiger charge is 2.38. The van der Waals surface area contributed by atoms with Crippen LogP contribution < -0.4 is 0 Å². The fourth-order valence-corrected chi connectivity index (χ4v) is 4.54. The zero-order chi connectivity index (χ0) is 12.5. The van der Waals surface area contributed by atoms with Gasteiger partial charge in [-0.3, -0.25) is 0 Å². The number of hydrogen-bond donors (Lipinski definition) is 0. The van der Waals surface area contributed by atoms with Gasteiger partial charge in [-0.05, 0) is 55.4 Å². The lowest BCUT2D eigenvalue weighted by atomic mass is 9.60. The SMILES string of the molecule is Cc1ccc(C2CCCC3C(C)CCCC23)cc1. The molecule has 0 amide bonds. The normalized spacial score (nSPS) is 36.1. The Morgan fingerprint density at radius 1 is 0.833 bits per heavy atom. The predicted octanol–water partition coefficient (Wildman–Crippen LogP) is 5.31. The second-order valence-corrected chi connectivity index (χ2v) is 6.68. The summed E-state index contributed by atoms with van der Waals surface area (Å²) in [5.74, 6) is 3.81. The molecule has 1 aromatic carbocycles. The van der Waals surface area contributed by atoms with E-state index < -0.39 is 0 Å². The first-order chi connectivity index (χ1) is 8.75. The van der Waals surface area contributed by atoms with Gasteiger partial charge in [0.15, 0.2) is 0 Å². The molecule has 98 valence electrons. The lowest BCUT2D eigenvalue weighted by Crippen LogP contribution is -2.34. The van der Waals surface area contributed by atoms with Crippen molar-refractivity contribution >= 4 is 0 Å². The highest BCUT2D eigenvalue weighted by atomic mass is 14.4. The first-order valence-electron chi connectivity index (χ1n) is 7.82. The standard InChI is InChI=1S/C18H26/c1-13-9-11-15(12-10-13)17-7-4-6-16-14(2)5-3-8-18(16)17/h9-12,14,16-18H,3-8H2,1-2H3. The molecular weight excluding hydrogens is 216 g/mol. The van der Waals surface area contributed by atoms with Crippen LogP contribution in [-0.2, 0) is 0 Å². The molecule has 2 aliphatic rings. The van der Waals surface area contributed by atoms with Crippen molar-refractivity contribution in [2.24, 2.45) is 17.8 Å². The molecule has 18 heavy (non-hydrogen) atoms. The van der Waals surface area contributed by atoms with E-state index in [9.17, 15) is 0 Å². The van der Waals surface area contributed by atoms with Crippen molar-refractivity contribution in [3.63, 3.8) is 0 Å². The summed E-state index contributed by atoms with van der Waals surface area (Å²) in [5.41, 5.74) is 3.01. The van der Waals surface area contributed by atoms with Crippen LogP contribution in [0.15, 0.2) is 24.3 Å². The van der Waals surface area contributed by atoms with Crippen molar-refractivity contribution < 1.29 is 0 Å². The summed E-state index contributed by atoms with van der Waals surface area (Å²) in [5, 5.41) is 0. The Hall–Kier alpha value is -0.780. The van der Waals surface area contributed by atoms with Gasteiger partial charge in [-0.2, -0.15) is 0 Å². The van der Waals surface area contributed by atoms with E-state index in [1.165, 1.54) is 44.1 Å². The van der Waals surface area contributed by atoms with E-state index in [0.717, 1.165) is 23.7 Å². The number of aryl methyl sites for hydroxylation is 1. The fraction of sp³-hybridized carbons (Fsp3) is 0.667. The van der Waals surface area contributed by atoms with Crippen molar-refractivity contribution in [2.45, 2.75) is 58.3 Å². The molecule has 0 bridgehead atoms. The molecule has 2 fully saturated rings. The summed E-state index contributed by atoms with van der Waals surface area (Å²) in [7, 11) is 0. The van der Waals surface area contributed by atoms with Crippen molar-refractivity contribution in [2.75, 3.05) is 0 Å². The largest absolute Gasteiger partial charge is 0.0622 e. The molecule has 0 spiro atoms. The van der Waals surface area contributed by atoms with E-state index >= 15 is 0 Å². The van der Waals surface area contributed by atoms with Gasteiger partial charge in [0.2, 0.25) is 0 Å². The maximum absolute atomic E-state index is 2.49. The van der Waals surface area contributed by atoms with Gasteiger partial charge in [0.25, 0.3) is 0 Å². The van der Waals surface area contributed by atoms with Gasteiger partial charge in [-0.1, -0.05) is 56.0 Å². The summed E-state index contributed by atoms with van der Waals surface area (Å²) < 4.78 is 0. The summed E-state index contributed by atoms with van der Waals surface area (Å²) in [6.07, 6.45) is 8.79. The molecule has 0 saturated heterocycles. The molecule has 4 atom stereocenters. The fourth-order valence-electron chi connectivity index (χ4n) is 4.54. The van der Waals surface area contributed by atoms with Crippen LogP contribution in [0.5, 0.6) is 0 Å². The third-order valence-electron chi connectivity index (χ3n) is 5.55. The summed E-state index contributed by atoms with van der Waals surface area (Å²) in [6, 6.07) is 9.37. The molecule has 0 nitrogen and oxygen atoms in total. The van der Waals surface area contributed by atoms with E-state index in [1.807, 2.05) is 0 Å². The smallest absolute Gasteiger partial charge is 0.0131 e. The van der Waals surface area contributed by atoms with Gasteiger partial charge in [-0.25, -0.2) is 0 Å². The Kier molecular flexibility index (Phi) is 3.46. The lowest BCUT2D eigenvalue weighted by molar-refractivity contribution is 0.0939. The molecule has 1 aromatic rings. The van der Waals surface area contributed by atoms with Crippen LogP contribution in [0.25, 0.3) is 0 Å². The van der Waals surface area contributed by atoms with Gasteiger partial charge >= 0.3 is 0 Å². The second kappa shape index (κ2) is 5.07. The highest BCUT2D eigenvalue weighted by Crippen LogP contribution is 2.50. The van der Waals surface area contributed by atoms with E-state index in [0.29, 0.717) is 0 Å². The van der Waals surface area contributed by atoms with Crippen LogP contribution in [0.1, 0.15) is 62.5 Å². The van der Waals surface area contributed by atoms with Crippen molar-refractivity contribution in [3.8, 4) is 0 Å². The maximum atomic E-state index is 2.49. The topological polar surface area (TPSA) is 0 Å². The van der Waals surface area contributed by atoms with Crippen LogP contribution in [0, 0.1) is 24.7 Å². The second-order valence-electron chi connectivity index (χ2n) is 6.68. The van der Waals surface area contributed by atoms with Crippen LogP contribution in [0.2, 0.25) is 0 Å². The van der Waals surface area contributed by atoms with Gasteiger partial charge in [-0.15, -0.1) is 0 Å². The van der Waals surface area contributed by atoms with Gasteiger partial charge in [0.1, 0.15) is 0 Å². The third kappa shape index (κ3) is 2.22. The van der Waals surface area contributed by atoms with Crippen molar-refractivity contribution in [1.29, 1.82) is 0 Å². The van der Waals surface area contributed by atoms with Gasteiger partial charge in [0, 0.05) is 0 Å². The lowest BCUT2D eigenvalue weighted by Gasteiger charge is -2.45. The molecule has 0 aliphatic heterocycles. The molecule has 0 heterocycles. The van der Waals surface area contributed by atoms with E-state index in [4.69, 9.17) is 0 Å². The summed E-state index contributed by atoms with van der Waals surface area (Å²) in [4.78, 5) is 0. The molecule has 0 radical (unpaired) electrons. The molecule has 0 aromatic heterocycles. The number of hydrogen-bond acceptors (Lipinski definition) is 0. The van der Waals surface area contributed by atoms with E-state index in [2.05, 4.69) is 38.1 Å². The number of fused-ring (bicyclic) bond motifs is 1. The average Bonchev–Trinajstić information content (AvgIpc) is 2.40. The van der Waals surface area contributed by atoms with E-state index in [-0.39, 0.29) is 0 Å². The quantitative estimate of drug-likeness (QED) is 0.625. The molecule has 2 saturated carbocycles. The van der Waals surface area contributed by atoms with E-state index in [1.54, 1.807) is 5.56 Å². The number of rotatable bonds is 1. The Morgan fingerprint density at radius 3 is 2.28 bits per heavy atom. The minimum absolute atomic E-state index is 0.854. The van der Waals surface area contributed by atoms with Crippen LogP contribution >= 0.6 is 0 Å².